The van der Waals surface area contributed by atoms with Gasteiger partial charge in [0.15, 0.2) is 5.82 Å². The molecule has 0 amide bonds. The van der Waals surface area contributed by atoms with Crippen molar-refractivity contribution in [2.75, 3.05) is 13.1 Å². The van der Waals surface area contributed by atoms with Crippen LogP contribution in [-0.4, -0.2) is 58.6 Å². The van der Waals surface area contributed by atoms with Crippen molar-refractivity contribution in [3.8, 4) is 17.2 Å². The molecule has 0 saturated carbocycles. The van der Waals surface area contributed by atoms with Crippen LogP contribution in [0.1, 0.15) is 30.2 Å². The summed E-state index contributed by atoms with van der Waals surface area (Å²) in [6, 6.07) is 7.91. The third kappa shape index (κ3) is 4.90. The highest BCUT2D eigenvalue weighted by Gasteiger charge is 2.37. The number of H-pyrrole nitrogens is 2. The zero-order chi connectivity index (χ0) is 27.1. The summed E-state index contributed by atoms with van der Waals surface area (Å²) in [5, 5.41) is 9.34. The lowest BCUT2D eigenvalue weighted by atomic mass is 10.1. The SMILES string of the molecule is C=C(/C=c1/c(-c2nc3c(-n4cnc(C)c4)cccc3[nH]2)n[nH]/c1=C/C)c1cncc(CN2CCC(F)(F)C2)c1. The number of aromatic amines is 2. The van der Waals surface area contributed by atoms with E-state index in [9.17, 15) is 8.78 Å². The minimum Gasteiger partial charge on any atom is -0.336 e. The number of pyridine rings is 1. The van der Waals surface area contributed by atoms with E-state index in [1.165, 1.54) is 0 Å². The van der Waals surface area contributed by atoms with Crippen LogP contribution in [0.2, 0.25) is 0 Å². The van der Waals surface area contributed by atoms with Gasteiger partial charge in [-0.1, -0.05) is 18.7 Å². The van der Waals surface area contributed by atoms with Gasteiger partial charge in [-0.25, -0.2) is 18.7 Å². The third-order valence-electron chi connectivity index (χ3n) is 6.97. The number of allylic oxidation sites excluding steroid dienone is 1. The molecule has 198 valence electrons. The number of fused-ring (bicyclic) bond motifs is 1. The minimum absolute atomic E-state index is 0.106. The molecule has 5 heterocycles. The number of nitrogens with one attached hydrogen (secondary N) is 2. The molecule has 8 nitrogen and oxygen atoms in total. The van der Waals surface area contributed by atoms with E-state index in [0.29, 0.717) is 24.6 Å². The normalized spacial score (nSPS) is 16.5. The molecule has 0 bridgehead atoms. The summed E-state index contributed by atoms with van der Waals surface area (Å²) in [6.45, 7) is 8.73. The number of nitrogens with zero attached hydrogens (tertiary/aromatic N) is 6. The van der Waals surface area contributed by atoms with Crippen molar-refractivity contribution in [2.24, 2.45) is 0 Å². The molecule has 1 fully saturated rings. The van der Waals surface area contributed by atoms with Gasteiger partial charge in [0.25, 0.3) is 5.92 Å². The molecule has 0 radical (unpaired) electrons. The molecule has 10 heteroatoms. The number of benzene rings is 1. The van der Waals surface area contributed by atoms with Crippen LogP contribution in [0.5, 0.6) is 0 Å². The Labute approximate surface area is 223 Å². The number of rotatable bonds is 6. The smallest absolute Gasteiger partial charge is 0.261 e. The second-order valence-electron chi connectivity index (χ2n) is 9.94. The van der Waals surface area contributed by atoms with Crippen molar-refractivity contribution >= 4 is 28.8 Å². The Morgan fingerprint density at radius 2 is 2.13 bits per heavy atom. The van der Waals surface area contributed by atoms with Gasteiger partial charge in [-0.15, -0.1) is 0 Å². The number of aryl methyl sites for hydroxylation is 1. The molecule has 39 heavy (non-hydrogen) atoms. The molecule has 1 aromatic carbocycles. The molecule has 2 N–H and O–H groups in total. The Bertz CT molecular complexity index is 1810. The molecule has 0 aliphatic carbocycles. The average Bonchev–Trinajstić information content (AvgIpc) is 3.70. The molecular weight excluding hydrogens is 498 g/mol. The topological polar surface area (TPSA) is 91.3 Å². The first-order valence-corrected chi connectivity index (χ1v) is 12.8. The van der Waals surface area contributed by atoms with Gasteiger partial charge >= 0.3 is 0 Å². The third-order valence-corrected chi connectivity index (χ3v) is 6.97. The van der Waals surface area contributed by atoms with Gasteiger partial charge in [-0.2, -0.15) is 5.10 Å². The highest BCUT2D eigenvalue weighted by molar-refractivity contribution is 5.89. The first kappa shape index (κ1) is 24.9. The quantitative estimate of drug-likeness (QED) is 0.349. The Kier molecular flexibility index (Phi) is 6.19. The number of aromatic nitrogens is 7. The maximum absolute atomic E-state index is 13.6. The number of likely N-dealkylation sites (tertiary alicyclic amines) is 1. The first-order chi connectivity index (χ1) is 18.8. The number of alkyl halides is 2. The van der Waals surface area contributed by atoms with E-state index in [-0.39, 0.29) is 13.0 Å². The van der Waals surface area contributed by atoms with E-state index >= 15 is 0 Å². The predicted octanol–water partition coefficient (Wildman–Crippen LogP) is 3.98. The summed E-state index contributed by atoms with van der Waals surface area (Å²) in [4.78, 5) is 18.8. The Morgan fingerprint density at radius 3 is 2.87 bits per heavy atom. The molecule has 1 aliphatic rings. The summed E-state index contributed by atoms with van der Waals surface area (Å²) in [5.74, 6) is -2.00. The Morgan fingerprint density at radius 1 is 1.26 bits per heavy atom. The van der Waals surface area contributed by atoms with Crippen LogP contribution in [-0.2, 0) is 6.54 Å². The molecular formula is C29H28F2N8. The largest absolute Gasteiger partial charge is 0.336 e. The maximum atomic E-state index is 13.6. The lowest BCUT2D eigenvalue weighted by molar-refractivity contribution is 0.0115. The first-order valence-electron chi connectivity index (χ1n) is 12.8. The molecule has 1 saturated heterocycles. The Hall–Kier alpha value is -4.44. The lowest BCUT2D eigenvalue weighted by Crippen LogP contribution is -2.25. The van der Waals surface area contributed by atoms with E-state index in [1.54, 1.807) is 23.6 Å². The van der Waals surface area contributed by atoms with Crippen LogP contribution in [0, 0.1) is 6.92 Å². The standard InChI is InChI=1S/C29H28F2N8/c1-4-23-22(10-18(2)21-11-20(12-32-13-21)15-38-9-8-29(30,31)16-38)26(37-36-23)28-34-24-6-5-7-25(27(24)35-28)39-14-19(3)33-17-39/h4-7,10-14,17,36H,2,8-9,15-16H2,1,3H3,(H,34,35)/b22-10+,23-4+. The van der Waals surface area contributed by atoms with Crippen LogP contribution < -0.4 is 10.6 Å². The summed E-state index contributed by atoms with van der Waals surface area (Å²) >= 11 is 0. The fourth-order valence-electron chi connectivity index (χ4n) is 5.01. The maximum Gasteiger partial charge on any atom is 0.261 e. The zero-order valence-corrected chi connectivity index (χ0v) is 21.7. The van der Waals surface area contributed by atoms with Gasteiger partial charge in [-0.3, -0.25) is 15.0 Å². The van der Waals surface area contributed by atoms with Gasteiger partial charge in [0.1, 0.15) is 11.2 Å². The van der Waals surface area contributed by atoms with Crippen LogP contribution in [0.25, 0.3) is 46.0 Å². The van der Waals surface area contributed by atoms with Gasteiger partial charge < -0.3 is 9.55 Å². The molecule has 6 rings (SSSR count). The minimum atomic E-state index is -2.62. The summed E-state index contributed by atoms with van der Waals surface area (Å²) in [6.07, 6.45) is 11.0. The zero-order valence-electron chi connectivity index (χ0n) is 21.7. The lowest BCUT2D eigenvalue weighted by Gasteiger charge is -2.15. The highest BCUT2D eigenvalue weighted by atomic mass is 19.3. The van der Waals surface area contributed by atoms with Crippen molar-refractivity contribution in [3.63, 3.8) is 0 Å². The molecule has 0 unspecified atom stereocenters. The van der Waals surface area contributed by atoms with Crippen LogP contribution in [0.3, 0.4) is 0 Å². The molecule has 1 aliphatic heterocycles. The number of hydrogen-bond acceptors (Lipinski definition) is 5. The van der Waals surface area contributed by atoms with Gasteiger partial charge in [0.05, 0.1) is 35.1 Å². The van der Waals surface area contributed by atoms with Crippen molar-refractivity contribution in [2.45, 2.75) is 32.7 Å². The van der Waals surface area contributed by atoms with Crippen molar-refractivity contribution in [1.82, 2.24) is 39.6 Å². The Balaban J connectivity index is 1.36. The predicted molar refractivity (Wildman–Crippen MR) is 148 cm³/mol. The van der Waals surface area contributed by atoms with E-state index in [0.717, 1.165) is 49.7 Å². The fraction of sp³-hybridized carbons (Fsp3) is 0.241. The van der Waals surface area contributed by atoms with Crippen molar-refractivity contribution < 1.29 is 8.78 Å². The van der Waals surface area contributed by atoms with Gasteiger partial charge in [0, 0.05) is 43.3 Å². The molecule has 4 aromatic heterocycles. The van der Waals surface area contributed by atoms with E-state index < -0.39 is 5.92 Å². The molecule has 0 atom stereocenters. The summed E-state index contributed by atoms with van der Waals surface area (Å²) in [7, 11) is 0. The highest BCUT2D eigenvalue weighted by Crippen LogP contribution is 2.28. The van der Waals surface area contributed by atoms with Crippen LogP contribution in [0.15, 0.2) is 55.8 Å². The van der Waals surface area contributed by atoms with Crippen LogP contribution >= 0.6 is 0 Å². The van der Waals surface area contributed by atoms with E-state index in [4.69, 9.17) is 4.98 Å². The number of para-hydroxylation sites is 1. The second-order valence-corrected chi connectivity index (χ2v) is 9.94. The van der Waals surface area contributed by atoms with E-state index in [2.05, 4.69) is 31.7 Å². The molecule has 0 spiro atoms. The van der Waals surface area contributed by atoms with E-state index in [1.807, 2.05) is 61.0 Å². The fourth-order valence-corrected chi connectivity index (χ4v) is 5.01. The summed E-state index contributed by atoms with van der Waals surface area (Å²) in [5.41, 5.74) is 6.61. The molecule has 5 aromatic rings. The average molecular weight is 527 g/mol. The van der Waals surface area contributed by atoms with Gasteiger partial charge in [-0.05, 0) is 54.8 Å². The van der Waals surface area contributed by atoms with Crippen LogP contribution in [0.4, 0.5) is 8.78 Å². The van der Waals surface area contributed by atoms with Crippen molar-refractivity contribution in [1.29, 1.82) is 0 Å². The number of hydrogen-bond donors (Lipinski definition) is 2. The number of imidazole rings is 2. The number of halogens is 2. The van der Waals surface area contributed by atoms with Crippen molar-refractivity contribution in [3.05, 3.63) is 83.2 Å². The summed E-state index contributed by atoms with van der Waals surface area (Å²) < 4.78 is 29.2. The second kappa shape index (κ2) is 9.70. The van der Waals surface area contributed by atoms with Gasteiger partial charge in [0.2, 0.25) is 0 Å². The monoisotopic (exact) mass is 526 g/mol.